The van der Waals surface area contributed by atoms with Crippen LogP contribution in [0, 0.1) is 23.5 Å². The van der Waals surface area contributed by atoms with Crippen molar-refractivity contribution in [1.29, 1.82) is 0 Å². The third-order valence-corrected chi connectivity index (χ3v) is 7.23. The van der Waals surface area contributed by atoms with Crippen molar-refractivity contribution in [3.63, 3.8) is 0 Å². The van der Waals surface area contributed by atoms with Gasteiger partial charge in [-0.2, -0.15) is 0 Å². The van der Waals surface area contributed by atoms with Gasteiger partial charge in [0.15, 0.2) is 0 Å². The molecule has 2 saturated heterocycles. The minimum atomic E-state index is -2.31. The first-order chi connectivity index (χ1) is 16.8. The number of hydrogen-bond donors (Lipinski definition) is 0. The SMILES string of the molecule is O=C1[C@H]2[C@@H](C(=O)N1c1ccc(F)cc1F)C1(O[C@H]2c2ccccc2Cl)C(=O)c2ccccc2C1=O. The van der Waals surface area contributed by atoms with Crippen molar-refractivity contribution < 1.29 is 32.7 Å². The molecule has 2 heterocycles. The fourth-order valence-corrected chi connectivity index (χ4v) is 5.65. The normalized spacial score (nSPS) is 24.4. The van der Waals surface area contributed by atoms with Gasteiger partial charge in [-0.1, -0.05) is 54.1 Å². The Hall–Kier alpha value is -3.75. The summed E-state index contributed by atoms with van der Waals surface area (Å²) in [5, 5.41) is 0.204. The van der Waals surface area contributed by atoms with Crippen molar-refractivity contribution in [3.05, 3.63) is 100 Å². The Kier molecular flexibility index (Phi) is 4.58. The molecule has 6 rings (SSSR count). The first-order valence-corrected chi connectivity index (χ1v) is 11.1. The molecular weight excluding hydrogens is 480 g/mol. The number of Topliss-reactive ketones (excluding diaryl/α,β-unsaturated/α-hetero) is 2. The van der Waals surface area contributed by atoms with Crippen LogP contribution in [0.15, 0.2) is 66.7 Å². The number of rotatable bonds is 2. The van der Waals surface area contributed by atoms with Gasteiger partial charge in [-0.25, -0.2) is 13.7 Å². The molecule has 0 unspecified atom stereocenters. The lowest BCUT2D eigenvalue weighted by molar-refractivity contribution is -0.127. The Morgan fingerprint density at radius 3 is 2.09 bits per heavy atom. The Bertz CT molecular complexity index is 1450. The number of benzene rings is 3. The molecule has 35 heavy (non-hydrogen) atoms. The summed E-state index contributed by atoms with van der Waals surface area (Å²) in [7, 11) is 0. The molecule has 3 atom stereocenters. The monoisotopic (exact) mass is 493 g/mol. The van der Waals surface area contributed by atoms with Crippen LogP contribution in [0.5, 0.6) is 0 Å². The van der Waals surface area contributed by atoms with Gasteiger partial charge in [-0.15, -0.1) is 0 Å². The van der Waals surface area contributed by atoms with E-state index in [1.54, 1.807) is 36.4 Å². The topological polar surface area (TPSA) is 80.8 Å². The molecule has 2 amide bonds. The number of imide groups is 1. The Morgan fingerprint density at radius 2 is 1.46 bits per heavy atom. The highest BCUT2D eigenvalue weighted by atomic mass is 35.5. The smallest absolute Gasteiger partial charge is 0.241 e. The molecule has 0 aromatic heterocycles. The van der Waals surface area contributed by atoms with E-state index < -0.39 is 64.2 Å². The van der Waals surface area contributed by atoms with Crippen molar-refractivity contribution in [2.75, 3.05) is 4.90 Å². The second-order valence-electron chi connectivity index (χ2n) is 8.61. The third-order valence-electron chi connectivity index (χ3n) is 6.88. The Morgan fingerprint density at radius 1 is 0.829 bits per heavy atom. The molecule has 1 spiro atoms. The Labute approximate surface area is 202 Å². The fourth-order valence-electron chi connectivity index (χ4n) is 5.41. The van der Waals surface area contributed by atoms with E-state index in [-0.39, 0.29) is 16.1 Å². The van der Waals surface area contributed by atoms with Crippen molar-refractivity contribution in [2.45, 2.75) is 11.7 Å². The fraction of sp³-hybridized carbons (Fsp3) is 0.154. The highest BCUT2D eigenvalue weighted by Gasteiger charge is 2.75. The zero-order valence-corrected chi connectivity index (χ0v) is 18.5. The molecule has 174 valence electrons. The van der Waals surface area contributed by atoms with Gasteiger partial charge in [0, 0.05) is 27.8 Å². The lowest BCUT2D eigenvalue weighted by Gasteiger charge is -2.27. The number of halogens is 3. The van der Waals surface area contributed by atoms with Crippen molar-refractivity contribution in [1.82, 2.24) is 0 Å². The van der Waals surface area contributed by atoms with E-state index in [9.17, 15) is 28.0 Å². The highest BCUT2D eigenvalue weighted by molar-refractivity contribution is 6.37. The molecule has 0 radical (unpaired) electrons. The van der Waals surface area contributed by atoms with Gasteiger partial charge in [0.05, 0.1) is 23.6 Å². The van der Waals surface area contributed by atoms with Crippen LogP contribution >= 0.6 is 11.6 Å². The molecule has 3 aromatic carbocycles. The van der Waals surface area contributed by atoms with Crippen LogP contribution in [-0.2, 0) is 14.3 Å². The number of carbonyl (C=O) groups excluding carboxylic acids is 4. The summed E-state index contributed by atoms with van der Waals surface area (Å²) < 4.78 is 34.3. The standard InChI is InChI=1S/C26H14ClF2NO5/c27-16-8-4-3-7-15(16)21-19-20(25(34)30(24(19)33)18-10-9-12(28)11-17(18)29)26(35-21)22(31)13-5-1-2-6-14(13)23(26)32/h1-11,19-21H/t19-,20-,21-/m0/s1. The number of fused-ring (bicyclic) bond motifs is 3. The summed E-state index contributed by atoms with van der Waals surface area (Å²) in [5.74, 6) is -8.27. The van der Waals surface area contributed by atoms with Crippen molar-refractivity contribution in [3.8, 4) is 0 Å². The first-order valence-electron chi connectivity index (χ1n) is 10.7. The van der Waals surface area contributed by atoms with Crippen LogP contribution in [0.3, 0.4) is 0 Å². The number of ketones is 2. The Balaban J connectivity index is 1.57. The molecule has 1 aliphatic carbocycles. The van der Waals surface area contributed by atoms with Gasteiger partial charge in [0.25, 0.3) is 0 Å². The summed E-state index contributed by atoms with van der Waals surface area (Å²) in [6.07, 6.45) is -1.24. The number of carbonyl (C=O) groups is 4. The molecule has 0 bridgehead atoms. The van der Waals surface area contributed by atoms with E-state index >= 15 is 0 Å². The van der Waals surface area contributed by atoms with E-state index in [2.05, 4.69) is 0 Å². The number of amides is 2. The van der Waals surface area contributed by atoms with Crippen LogP contribution in [-0.4, -0.2) is 29.0 Å². The van der Waals surface area contributed by atoms with E-state index in [1.807, 2.05) is 0 Å². The van der Waals surface area contributed by atoms with Crippen molar-refractivity contribution in [2.24, 2.45) is 11.8 Å². The minimum absolute atomic E-state index is 0.0720. The molecule has 0 N–H and O–H groups in total. The highest BCUT2D eigenvalue weighted by Crippen LogP contribution is 2.58. The van der Waals surface area contributed by atoms with Gasteiger partial charge >= 0.3 is 0 Å². The molecule has 9 heteroatoms. The number of nitrogens with zero attached hydrogens (tertiary/aromatic N) is 1. The molecule has 3 aromatic rings. The molecule has 2 aliphatic heterocycles. The quantitative estimate of drug-likeness (QED) is 0.392. The zero-order valence-electron chi connectivity index (χ0n) is 17.7. The largest absolute Gasteiger partial charge is 0.349 e. The van der Waals surface area contributed by atoms with Gasteiger partial charge in [-0.05, 0) is 18.2 Å². The maximum atomic E-state index is 14.7. The average Bonchev–Trinajstić information content (AvgIpc) is 3.40. The summed E-state index contributed by atoms with van der Waals surface area (Å²) in [6, 6.07) is 14.9. The van der Waals surface area contributed by atoms with Gasteiger partial charge in [-0.3, -0.25) is 19.2 Å². The minimum Gasteiger partial charge on any atom is -0.349 e. The summed E-state index contributed by atoms with van der Waals surface area (Å²) in [6.45, 7) is 0. The zero-order chi connectivity index (χ0) is 24.6. The van der Waals surface area contributed by atoms with Crippen LogP contribution in [0.4, 0.5) is 14.5 Å². The third kappa shape index (κ3) is 2.72. The van der Waals surface area contributed by atoms with Gasteiger partial charge in [0.2, 0.25) is 29.0 Å². The van der Waals surface area contributed by atoms with E-state index in [0.29, 0.717) is 16.5 Å². The maximum absolute atomic E-state index is 14.7. The second kappa shape index (κ2) is 7.37. The lowest BCUT2D eigenvalue weighted by atomic mass is 9.77. The van der Waals surface area contributed by atoms with Crippen molar-refractivity contribution >= 4 is 40.7 Å². The van der Waals surface area contributed by atoms with Crippen LogP contribution in [0.25, 0.3) is 0 Å². The molecule has 2 fully saturated rings. The van der Waals surface area contributed by atoms with Gasteiger partial charge < -0.3 is 4.74 Å². The molecule has 6 nitrogen and oxygen atoms in total. The first kappa shape index (κ1) is 21.8. The van der Waals surface area contributed by atoms with Crippen LogP contribution in [0.1, 0.15) is 32.4 Å². The predicted octanol–water partition coefficient (Wildman–Crippen LogP) is 4.31. The number of ether oxygens (including phenoxy) is 1. The second-order valence-corrected chi connectivity index (χ2v) is 9.02. The number of anilines is 1. The molecule has 0 saturated carbocycles. The van der Waals surface area contributed by atoms with Crippen LogP contribution in [0.2, 0.25) is 5.02 Å². The lowest BCUT2D eigenvalue weighted by Crippen LogP contribution is -2.51. The van der Waals surface area contributed by atoms with Gasteiger partial charge in [0.1, 0.15) is 11.6 Å². The summed E-state index contributed by atoms with van der Waals surface area (Å²) in [5.41, 5.74) is -2.33. The van der Waals surface area contributed by atoms with E-state index in [4.69, 9.17) is 16.3 Å². The predicted molar refractivity (Wildman–Crippen MR) is 119 cm³/mol. The molecule has 3 aliphatic rings. The van der Waals surface area contributed by atoms with E-state index in [0.717, 1.165) is 12.1 Å². The van der Waals surface area contributed by atoms with E-state index in [1.165, 1.54) is 12.1 Å². The summed E-state index contributed by atoms with van der Waals surface area (Å²) in [4.78, 5) is 55.3. The van der Waals surface area contributed by atoms with Crippen LogP contribution < -0.4 is 4.90 Å². The molecular formula is C26H14ClF2NO5. The summed E-state index contributed by atoms with van der Waals surface area (Å²) >= 11 is 6.37. The number of hydrogen-bond acceptors (Lipinski definition) is 5. The average molecular weight is 494 g/mol. The maximum Gasteiger partial charge on any atom is 0.241 e.